The summed E-state index contributed by atoms with van der Waals surface area (Å²) in [5.41, 5.74) is 0.941. The average molecular weight is 381 g/mol. The van der Waals surface area contributed by atoms with Gasteiger partial charge in [0.15, 0.2) is 0 Å². The number of hydrogen-bond donors (Lipinski definition) is 0. The molecule has 0 N–H and O–H groups in total. The first-order valence-corrected chi connectivity index (χ1v) is 10.9. The van der Waals surface area contributed by atoms with E-state index in [2.05, 4.69) is 6.92 Å². The first-order chi connectivity index (χ1) is 13.1. The summed E-state index contributed by atoms with van der Waals surface area (Å²) >= 11 is 0. The lowest BCUT2D eigenvalue weighted by Gasteiger charge is -2.29. The molecule has 1 aliphatic carbocycles. The normalized spacial score (nSPS) is 19.9. The van der Waals surface area contributed by atoms with Crippen molar-refractivity contribution in [3.63, 3.8) is 0 Å². The average Bonchev–Trinajstić information content (AvgIpc) is 2.66. The fourth-order valence-corrected chi connectivity index (χ4v) is 4.38. The molecule has 0 nitrogen and oxygen atoms in total. The molecule has 1 saturated carbocycles. The molecule has 152 valence electrons. The van der Waals surface area contributed by atoms with E-state index in [1.165, 1.54) is 82.8 Å². The molecule has 0 bridgehead atoms. The molecule has 1 aromatic rings. The molecule has 0 atom stereocenters. The van der Waals surface area contributed by atoms with Gasteiger partial charge in [-0.05, 0) is 49.1 Å². The van der Waals surface area contributed by atoms with Crippen molar-refractivity contribution >= 4 is 6.08 Å². The zero-order chi connectivity index (χ0) is 19.5. The molecule has 0 radical (unpaired) electrons. The third-order valence-electron chi connectivity index (χ3n) is 6.07. The molecule has 0 amide bonds. The zero-order valence-electron chi connectivity index (χ0n) is 16.8. The van der Waals surface area contributed by atoms with Crippen LogP contribution in [0, 0.1) is 11.7 Å². The second kappa shape index (κ2) is 12.3. The smallest absolute Gasteiger partial charge is 0.206 e. The lowest BCUT2D eigenvalue weighted by molar-refractivity contribution is 0.301. The molecule has 1 aliphatic rings. The molecule has 1 fully saturated rings. The Morgan fingerprint density at radius 2 is 1.56 bits per heavy atom. The predicted molar refractivity (Wildman–Crippen MR) is 109 cm³/mol. The van der Waals surface area contributed by atoms with Gasteiger partial charge >= 0.3 is 0 Å². The van der Waals surface area contributed by atoms with Crippen molar-refractivity contribution in [2.75, 3.05) is 0 Å². The summed E-state index contributed by atoms with van der Waals surface area (Å²) in [4.78, 5) is 0. The third kappa shape index (κ3) is 8.11. The number of rotatable bonds is 11. The Kier molecular flexibility index (Phi) is 10.0. The van der Waals surface area contributed by atoms with Crippen LogP contribution in [0.5, 0.6) is 0 Å². The number of unbranched alkanes of at least 4 members (excludes halogenated alkanes) is 7. The SMILES string of the molecule is CCCCCCCCCCC1CCC(c2ccc(C=C(F)F)c(F)c2)CC1. The first kappa shape index (κ1) is 22.0. The zero-order valence-corrected chi connectivity index (χ0v) is 16.8. The largest absolute Gasteiger partial charge is 0.271 e. The maximum absolute atomic E-state index is 14.0. The van der Waals surface area contributed by atoms with E-state index in [1.54, 1.807) is 0 Å². The fraction of sp³-hybridized carbons (Fsp3) is 0.667. The van der Waals surface area contributed by atoms with E-state index in [9.17, 15) is 13.2 Å². The van der Waals surface area contributed by atoms with Crippen LogP contribution in [-0.2, 0) is 0 Å². The molecular weight excluding hydrogens is 345 g/mol. The second-order valence-electron chi connectivity index (χ2n) is 8.20. The Bertz CT molecular complexity index is 567. The number of halogens is 3. The van der Waals surface area contributed by atoms with E-state index in [0.717, 1.165) is 24.3 Å². The van der Waals surface area contributed by atoms with E-state index in [4.69, 9.17) is 0 Å². The molecule has 0 saturated heterocycles. The van der Waals surface area contributed by atoms with Gasteiger partial charge in [-0.3, -0.25) is 0 Å². The van der Waals surface area contributed by atoms with Gasteiger partial charge in [-0.2, -0.15) is 8.78 Å². The molecule has 1 aromatic carbocycles. The molecule has 0 heterocycles. The van der Waals surface area contributed by atoms with Crippen molar-refractivity contribution in [1.29, 1.82) is 0 Å². The van der Waals surface area contributed by atoms with Gasteiger partial charge in [0.2, 0.25) is 0 Å². The molecule has 2 rings (SSSR count). The minimum absolute atomic E-state index is 0.0258. The quantitative estimate of drug-likeness (QED) is 0.336. The topological polar surface area (TPSA) is 0 Å². The van der Waals surface area contributed by atoms with Gasteiger partial charge in [0.1, 0.15) is 5.82 Å². The fourth-order valence-electron chi connectivity index (χ4n) is 4.38. The van der Waals surface area contributed by atoms with E-state index in [-0.39, 0.29) is 5.56 Å². The molecule has 0 spiro atoms. The van der Waals surface area contributed by atoms with E-state index in [1.807, 2.05) is 6.07 Å². The predicted octanol–water partition coefficient (Wildman–Crippen LogP) is 8.87. The first-order valence-electron chi connectivity index (χ1n) is 10.9. The van der Waals surface area contributed by atoms with Crippen LogP contribution in [0.3, 0.4) is 0 Å². The highest BCUT2D eigenvalue weighted by Gasteiger charge is 2.22. The molecule has 0 aromatic heterocycles. The minimum Gasteiger partial charge on any atom is -0.206 e. The van der Waals surface area contributed by atoms with Crippen molar-refractivity contribution < 1.29 is 13.2 Å². The van der Waals surface area contributed by atoms with Crippen LogP contribution in [0.2, 0.25) is 0 Å². The van der Waals surface area contributed by atoms with Crippen LogP contribution in [0.15, 0.2) is 24.3 Å². The van der Waals surface area contributed by atoms with Crippen molar-refractivity contribution in [3.05, 3.63) is 41.2 Å². The summed E-state index contributed by atoms with van der Waals surface area (Å²) in [6, 6.07) is 4.76. The lowest BCUT2D eigenvalue weighted by atomic mass is 9.77. The number of benzene rings is 1. The van der Waals surface area contributed by atoms with Gasteiger partial charge in [-0.1, -0.05) is 76.8 Å². The second-order valence-corrected chi connectivity index (χ2v) is 8.20. The molecule has 3 heteroatoms. The highest BCUT2D eigenvalue weighted by atomic mass is 19.3. The molecular formula is C24H35F3. The van der Waals surface area contributed by atoms with Gasteiger partial charge in [0, 0.05) is 11.6 Å². The maximum atomic E-state index is 14.0. The van der Waals surface area contributed by atoms with Crippen LogP contribution in [0.1, 0.15) is 107 Å². The molecule has 27 heavy (non-hydrogen) atoms. The Hall–Kier alpha value is -1.25. The standard InChI is InChI=1S/C24H35F3/c1-2-3-4-5-6-7-8-9-10-19-11-13-20(14-12-19)21-15-16-22(18-24(26)27)23(25)17-21/h15-20H,2-14H2,1H3. The molecule has 0 aliphatic heterocycles. The summed E-state index contributed by atoms with van der Waals surface area (Å²) in [7, 11) is 0. The van der Waals surface area contributed by atoms with Gasteiger partial charge in [-0.25, -0.2) is 4.39 Å². The Morgan fingerprint density at radius 3 is 2.15 bits per heavy atom. The maximum Gasteiger partial charge on any atom is 0.271 e. The monoisotopic (exact) mass is 380 g/mol. The Labute approximate surface area is 163 Å². The van der Waals surface area contributed by atoms with Crippen molar-refractivity contribution in [1.82, 2.24) is 0 Å². The lowest BCUT2D eigenvalue weighted by Crippen LogP contribution is -2.13. The molecule has 0 unspecified atom stereocenters. The summed E-state index contributed by atoms with van der Waals surface area (Å²) < 4.78 is 38.6. The van der Waals surface area contributed by atoms with Crippen LogP contribution in [0.25, 0.3) is 6.08 Å². The third-order valence-corrected chi connectivity index (χ3v) is 6.07. The Balaban J connectivity index is 1.65. The van der Waals surface area contributed by atoms with Crippen LogP contribution in [0.4, 0.5) is 13.2 Å². The van der Waals surface area contributed by atoms with E-state index < -0.39 is 11.9 Å². The van der Waals surface area contributed by atoms with Crippen LogP contribution < -0.4 is 0 Å². The van der Waals surface area contributed by atoms with Crippen molar-refractivity contribution in [3.8, 4) is 0 Å². The highest BCUT2D eigenvalue weighted by molar-refractivity contribution is 5.51. The van der Waals surface area contributed by atoms with Crippen LogP contribution in [-0.4, -0.2) is 0 Å². The van der Waals surface area contributed by atoms with Gasteiger partial charge in [0.25, 0.3) is 6.08 Å². The van der Waals surface area contributed by atoms with Gasteiger partial charge < -0.3 is 0 Å². The summed E-state index contributed by atoms with van der Waals surface area (Å²) in [6.07, 6.45) is 15.6. The van der Waals surface area contributed by atoms with Crippen molar-refractivity contribution in [2.45, 2.75) is 96.3 Å². The number of hydrogen-bond acceptors (Lipinski definition) is 0. The van der Waals surface area contributed by atoms with Gasteiger partial charge in [-0.15, -0.1) is 0 Å². The summed E-state index contributed by atoms with van der Waals surface area (Å²) in [5, 5.41) is 0. The minimum atomic E-state index is -1.86. The van der Waals surface area contributed by atoms with Gasteiger partial charge in [0.05, 0.1) is 0 Å². The highest BCUT2D eigenvalue weighted by Crippen LogP contribution is 2.38. The summed E-state index contributed by atoms with van der Waals surface area (Å²) in [5.74, 6) is 0.651. The van der Waals surface area contributed by atoms with Crippen molar-refractivity contribution in [2.24, 2.45) is 5.92 Å². The Morgan fingerprint density at radius 1 is 0.926 bits per heavy atom. The van der Waals surface area contributed by atoms with E-state index in [0.29, 0.717) is 12.0 Å². The summed E-state index contributed by atoms with van der Waals surface area (Å²) in [6.45, 7) is 2.26. The van der Waals surface area contributed by atoms with Crippen LogP contribution >= 0.6 is 0 Å². The van der Waals surface area contributed by atoms with E-state index >= 15 is 0 Å².